The SMILES string of the molecule is C[n+]1ccc(/C=C/C2=CCC=C(C=O)C=C2)cc1. The number of nitrogens with zero attached hydrogens (tertiary/aromatic N) is 1. The van der Waals surface area contributed by atoms with Gasteiger partial charge in [-0.1, -0.05) is 36.5 Å². The highest BCUT2D eigenvalue weighted by atomic mass is 16.1. The predicted octanol–water partition coefficient (Wildman–Crippen LogP) is 2.54. The van der Waals surface area contributed by atoms with Crippen molar-refractivity contribution in [3.8, 4) is 0 Å². The molecule has 0 fully saturated rings. The second-order valence-electron chi connectivity index (χ2n) is 4.23. The van der Waals surface area contributed by atoms with Crippen molar-refractivity contribution in [1.29, 1.82) is 0 Å². The molecule has 0 radical (unpaired) electrons. The van der Waals surface area contributed by atoms with Gasteiger partial charge in [0.05, 0.1) is 0 Å². The summed E-state index contributed by atoms with van der Waals surface area (Å²) in [4.78, 5) is 10.7. The van der Waals surface area contributed by atoms with Crippen molar-refractivity contribution in [2.45, 2.75) is 6.42 Å². The zero-order valence-electron chi connectivity index (χ0n) is 10.4. The molecule has 0 N–H and O–H groups in total. The summed E-state index contributed by atoms with van der Waals surface area (Å²) in [6.07, 6.45) is 17.7. The number of carbonyl (C=O) groups is 1. The van der Waals surface area contributed by atoms with Crippen molar-refractivity contribution in [1.82, 2.24) is 0 Å². The molecule has 18 heavy (non-hydrogen) atoms. The molecule has 0 saturated carbocycles. The lowest BCUT2D eigenvalue weighted by Gasteiger charge is -1.93. The van der Waals surface area contributed by atoms with E-state index < -0.39 is 0 Å². The molecule has 0 bridgehead atoms. The zero-order chi connectivity index (χ0) is 12.8. The van der Waals surface area contributed by atoms with Crippen LogP contribution in [0.15, 0.2) is 66.1 Å². The van der Waals surface area contributed by atoms with Crippen LogP contribution in [0.5, 0.6) is 0 Å². The Kier molecular flexibility index (Phi) is 4.02. The highest BCUT2D eigenvalue weighted by Gasteiger charge is 1.96. The molecule has 0 aliphatic heterocycles. The Labute approximate surface area is 107 Å². The van der Waals surface area contributed by atoms with Crippen LogP contribution in [0.2, 0.25) is 0 Å². The summed E-state index contributed by atoms with van der Waals surface area (Å²) >= 11 is 0. The topological polar surface area (TPSA) is 20.9 Å². The molecule has 2 nitrogen and oxygen atoms in total. The fourth-order valence-corrected chi connectivity index (χ4v) is 1.69. The van der Waals surface area contributed by atoms with E-state index >= 15 is 0 Å². The van der Waals surface area contributed by atoms with Gasteiger partial charge in [-0.25, -0.2) is 4.57 Å². The fourth-order valence-electron chi connectivity index (χ4n) is 1.69. The minimum atomic E-state index is 0.737. The van der Waals surface area contributed by atoms with Crippen LogP contribution in [0.3, 0.4) is 0 Å². The summed E-state index contributed by atoms with van der Waals surface area (Å²) in [5, 5.41) is 0. The van der Waals surface area contributed by atoms with Crippen molar-refractivity contribution >= 4 is 12.4 Å². The third-order valence-electron chi connectivity index (χ3n) is 2.78. The van der Waals surface area contributed by atoms with E-state index in [-0.39, 0.29) is 0 Å². The van der Waals surface area contributed by atoms with Gasteiger partial charge >= 0.3 is 0 Å². The Morgan fingerprint density at radius 2 is 1.72 bits per heavy atom. The molecule has 90 valence electrons. The van der Waals surface area contributed by atoms with Gasteiger partial charge in [-0.05, 0) is 17.6 Å². The lowest BCUT2D eigenvalue weighted by Crippen LogP contribution is -2.25. The monoisotopic (exact) mass is 238 g/mol. The van der Waals surface area contributed by atoms with Crippen molar-refractivity contribution in [3.05, 3.63) is 71.6 Å². The first-order chi connectivity index (χ1) is 8.78. The van der Waals surface area contributed by atoms with Gasteiger partial charge in [0.2, 0.25) is 0 Å². The number of hydrogen-bond donors (Lipinski definition) is 0. The Bertz CT molecular complexity index is 545. The number of aldehydes is 1. The smallest absolute Gasteiger partial charge is 0.169 e. The average molecular weight is 238 g/mol. The van der Waals surface area contributed by atoms with E-state index in [4.69, 9.17) is 0 Å². The second kappa shape index (κ2) is 5.92. The Morgan fingerprint density at radius 1 is 1.06 bits per heavy atom. The molecule has 0 unspecified atom stereocenters. The van der Waals surface area contributed by atoms with Crippen LogP contribution < -0.4 is 4.57 Å². The first-order valence-electron chi connectivity index (χ1n) is 5.95. The fraction of sp³-hybridized carbons (Fsp3) is 0.125. The van der Waals surface area contributed by atoms with Gasteiger partial charge in [0.1, 0.15) is 13.3 Å². The highest BCUT2D eigenvalue weighted by Crippen LogP contribution is 2.12. The number of carbonyl (C=O) groups excluding carboxylic acids is 1. The van der Waals surface area contributed by atoms with Crippen LogP contribution in [0.25, 0.3) is 6.08 Å². The van der Waals surface area contributed by atoms with Gasteiger partial charge in [0, 0.05) is 17.7 Å². The van der Waals surface area contributed by atoms with Crippen molar-refractivity contribution in [2.75, 3.05) is 0 Å². The van der Waals surface area contributed by atoms with Crippen LogP contribution in [0.4, 0.5) is 0 Å². The molecule has 1 aromatic rings. The summed E-state index contributed by atoms with van der Waals surface area (Å²) < 4.78 is 2.00. The van der Waals surface area contributed by atoms with Crippen molar-refractivity contribution in [3.63, 3.8) is 0 Å². The van der Waals surface area contributed by atoms with E-state index in [1.165, 1.54) is 0 Å². The molecule has 2 heteroatoms. The Morgan fingerprint density at radius 3 is 2.44 bits per heavy atom. The van der Waals surface area contributed by atoms with Crippen molar-refractivity contribution in [2.24, 2.45) is 7.05 Å². The Hall–Kier alpha value is -2.22. The number of allylic oxidation sites excluding steroid dienone is 7. The lowest BCUT2D eigenvalue weighted by molar-refractivity contribution is -0.671. The molecule has 1 aromatic heterocycles. The van der Waals surface area contributed by atoms with Crippen molar-refractivity contribution < 1.29 is 9.36 Å². The van der Waals surface area contributed by atoms with Crippen LogP contribution in [0, 0.1) is 0 Å². The summed E-state index contributed by atoms with van der Waals surface area (Å²) in [6, 6.07) is 4.12. The van der Waals surface area contributed by atoms with Gasteiger partial charge in [-0.3, -0.25) is 4.79 Å². The minimum absolute atomic E-state index is 0.737. The van der Waals surface area contributed by atoms with E-state index in [1.54, 1.807) is 0 Å². The number of rotatable bonds is 3. The van der Waals surface area contributed by atoms with Gasteiger partial charge < -0.3 is 0 Å². The number of pyridine rings is 1. The first kappa shape index (κ1) is 12.2. The summed E-state index contributed by atoms with van der Waals surface area (Å²) in [5.41, 5.74) is 3.02. The molecular formula is C16H16NO+. The molecule has 0 saturated heterocycles. The summed E-state index contributed by atoms with van der Waals surface area (Å²) in [7, 11) is 2.00. The molecular weight excluding hydrogens is 222 g/mol. The molecule has 1 aliphatic rings. The summed E-state index contributed by atoms with van der Waals surface area (Å²) in [6.45, 7) is 0. The number of aromatic nitrogens is 1. The molecule has 0 amide bonds. The molecule has 0 spiro atoms. The largest absolute Gasteiger partial charge is 0.298 e. The molecule has 2 rings (SSSR count). The van der Waals surface area contributed by atoms with Crippen LogP contribution in [0.1, 0.15) is 12.0 Å². The standard InChI is InChI=1S/C16H16NO/c1-17-11-9-15(10-12-17)6-5-14-3-2-4-16(13-18)8-7-14/h3-13H,2H2,1H3/q+1/b6-5+. The second-order valence-corrected chi connectivity index (χ2v) is 4.23. The average Bonchev–Trinajstić information content (AvgIpc) is 2.63. The highest BCUT2D eigenvalue weighted by molar-refractivity contribution is 5.78. The van der Waals surface area contributed by atoms with Gasteiger partial charge in [-0.2, -0.15) is 0 Å². The number of hydrogen-bond acceptors (Lipinski definition) is 1. The van der Waals surface area contributed by atoms with Crippen LogP contribution >= 0.6 is 0 Å². The van der Waals surface area contributed by atoms with Gasteiger partial charge in [0.15, 0.2) is 12.4 Å². The Balaban J connectivity index is 2.08. The zero-order valence-corrected chi connectivity index (χ0v) is 10.4. The third-order valence-corrected chi connectivity index (χ3v) is 2.78. The molecule has 0 aromatic carbocycles. The predicted molar refractivity (Wildman–Crippen MR) is 72.6 cm³/mol. The normalized spacial score (nSPS) is 15.2. The van der Waals surface area contributed by atoms with Gasteiger partial charge in [-0.15, -0.1) is 0 Å². The maximum absolute atomic E-state index is 10.7. The maximum Gasteiger partial charge on any atom is 0.169 e. The van der Waals surface area contributed by atoms with Crippen LogP contribution in [-0.4, -0.2) is 6.29 Å². The molecule has 0 atom stereocenters. The van der Waals surface area contributed by atoms with E-state index in [2.05, 4.69) is 30.4 Å². The third kappa shape index (κ3) is 3.39. The van der Waals surface area contributed by atoms with Gasteiger partial charge in [0.25, 0.3) is 0 Å². The van der Waals surface area contributed by atoms with E-state index in [0.29, 0.717) is 0 Å². The van der Waals surface area contributed by atoms with E-state index in [0.717, 1.165) is 29.4 Å². The quantitative estimate of drug-likeness (QED) is 0.585. The minimum Gasteiger partial charge on any atom is -0.298 e. The lowest BCUT2D eigenvalue weighted by atomic mass is 10.1. The van der Waals surface area contributed by atoms with Crippen LogP contribution in [-0.2, 0) is 11.8 Å². The maximum atomic E-state index is 10.7. The number of aryl methyl sites for hydroxylation is 1. The van der Waals surface area contributed by atoms with E-state index in [1.807, 2.05) is 42.2 Å². The molecule has 1 heterocycles. The summed E-state index contributed by atoms with van der Waals surface area (Å²) in [5.74, 6) is 0. The first-order valence-corrected chi connectivity index (χ1v) is 5.95. The van der Waals surface area contributed by atoms with E-state index in [9.17, 15) is 4.79 Å². The molecule has 1 aliphatic carbocycles.